The molecule has 3 atom stereocenters. The van der Waals surface area contributed by atoms with E-state index in [9.17, 15) is 0 Å². The Morgan fingerprint density at radius 3 is 2.69 bits per heavy atom. The second-order valence-electron chi connectivity index (χ2n) is 4.03. The Balaban J connectivity index is 2.41. The molecule has 3 heteroatoms. The molecule has 0 aromatic rings. The van der Waals surface area contributed by atoms with Gasteiger partial charge in [0.25, 0.3) is 0 Å². The zero-order chi connectivity index (χ0) is 9.84. The molecule has 0 aliphatic carbocycles. The van der Waals surface area contributed by atoms with E-state index in [4.69, 9.17) is 4.74 Å². The van der Waals surface area contributed by atoms with Gasteiger partial charge < -0.3 is 10.1 Å². The molecule has 1 saturated heterocycles. The van der Waals surface area contributed by atoms with Gasteiger partial charge in [0.15, 0.2) is 0 Å². The molecule has 3 unspecified atom stereocenters. The summed E-state index contributed by atoms with van der Waals surface area (Å²) in [5.41, 5.74) is 0. The summed E-state index contributed by atoms with van der Waals surface area (Å²) in [4.78, 5) is 2.50. The number of methoxy groups -OCH3 is 1. The smallest absolute Gasteiger partial charge is 0.0695 e. The molecular weight excluding hydrogens is 164 g/mol. The first-order valence-electron chi connectivity index (χ1n) is 5.15. The van der Waals surface area contributed by atoms with E-state index in [0.717, 1.165) is 19.6 Å². The number of hydrogen-bond donors (Lipinski definition) is 1. The van der Waals surface area contributed by atoms with Crippen LogP contribution in [0.15, 0.2) is 0 Å². The molecule has 0 aromatic heterocycles. The van der Waals surface area contributed by atoms with E-state index in [1.165, 1.54) is 0 Å². The van der Waals surface area contributed by atoms with Gasteiger partial charge in [-0.3, -0.25) is 4.90 Å². The molecule has 1 N–H and O–H groups in total. The van der Waals surface area contributed by atoms with E-state index in [0.29, 0.717) is 18.2 Å². The van der Waals surface area contributed by atoms with Crippen molar-refractivity contribution in [3.05, 3.63) is 0 Å². The fraction of sp³-hybridized carbons (Fsp3) is 1.00. The first kappa shape index (κ1) is 11.0. The van der Waals surface area contributed by atoms with Gasteiger partial charge in [-0.15, -0.1) is 0 Å². The Morgan fingerprint density at radius 2 is 2.15 bits per heavy atom. The lowest BCUT2D eigenvalue weighted by molar-refractivity contribution is 0.0227. The fourth-order valence-electron chi connectivity index (χ4n) is 1.83. The van der Waals surface area contributed by atoms with Gasteiger partial charge in [0.05, 0.1) is 6.10 Å². The highest BCUT2D eigenvalue weighted by molar-refractivity contribution is 4.81. The summed E-state index contributed by atoms with van der Waals surface area (Å²) < 4.78 is 5.34. The summed E-state index contributed by atoms with van der Waals surface area (Å²) >= 11 is 0. The van der Waals surface area contributed by atoms with Crippen molar-refractivity contribution in [1.82, 2.24) is 10.2 Å². The summed E-state index contributed by atoms with van der Waals surface area (Å²) in [6.07, 6.45) is 0.324. The predicted molar refractivity (Wildman–Crippen MR) is 55.0 cm³/mol. The van der Waals surface area contributed by atoms with Gasteiger partial charge in [-0.05, 0) is 20.8 Å². The molecule has 0 radical (unpaired) electrons. The van der Waals surface area contributed by atoms with Crippen molar-refractivity contribution < 1.29 is 4.74 Å². The van der Waals surface area contributed by atoms with Gasteiger partial charge in [-0.1, -0.05) is 0 Å². The maximum absolute atomic E-state index is 5.34. The van der Waals surface area contributed by atoms with Crippen LogP contribution >= 0.6 is 0 Å². The van der Waals surface area contributed by atoms with Crippen molar-refractivity contribution in [2.75, 3.05) is 26.7 Å². The number of nitrogens with one attached hydrogen (secondary N) is 1. The monoisotopic (exact) mass is 186 g/mol. The average Bonchev–Trinajstić information content (AvgIpc) is 2.15. The summed E-state index contributed by atoms with van der Waals surface area (Å²) in [6.45, 7) is 9.98. The van der Waals surface area contributed by atoms with Crippen LogP contribution in [0.1, 0.15) is 20.8 Å². The number of hydrogen-bond acceptors (Lipinski definition) is 3. The van der Waals surface area contributed by atoms with Crippen LogP contribution in [0.25, 0.3) is 0 Å². The first-order valence-corrected chi connectivity index (χ1v) is 5.15. The van der Waals surface area contributed by atoms with Crippen molar-refractivity contribution in [3.8, 4) is 0 Å². The standard InChI is InChI=1S/C10H22N2O/c1-8-7-12(6-5-11-8)9(2)10(3)13-4/h8-11H,5-7H2,1-4H3. The molecule has 13 heavy (non-hydrogen) atoms. The van der Waals surface area contributed by atoms with Crippen LogP contribution < -0.4 is 5.32 Å². The topological polar surface area (TPSA) is 24.5 Å². The third-order valence-corrected chi connectivity index (χ3v) is 3.03. The number of ether oxygens (including phenoxy) is 1. The zero-order valence-electron chi connectivity index (χ0n) is 9.21. The molecule has 0 aromatic carbocycles. The van der Waals surface area contributed by atoms with Gasteiger partial charge in [-0.25, -0.2) is 0 Å². The Morgan fingerprint density at radius 1 is 1.46 bits per heavy atom. The van der Waals surface area contributed by atoms with Crippen LogP contribution in [0.5, 0.6) is 0 Å². The van der Waals surface area contributed by atoms with Crippen molar-refractivity contribution in [2.45, 2.75) is 39.0 Å². The second kappa shape index (κ2) is 4.94. The Labute approximate surface area is 81.4 Å². The van der Waals surface area contributed by atoms with E-state index < -0.39 is 0 Å². The van der Waals surface area contributed by atoms with E-state index in [1.54, 1.807) is 7.11 Å². The number of piperazine rings is 1. The van der Waals surface area contributed by atoms with Crippen molar-refractivity contribution in [3.63, 3.8) is 0 Å². The quantitative estimate of drug-likeness (QED) is 0.702. The lowest BCUT2D eigenvalue weighted by atomic mass is 10.1. The molecule has 1 heterocycles. The number of nitrogens with zero attached hydrogens (tertiary/aromatic N) is 1. The van der Waals surface area contributed by atoms with Gasteiger partial charge in [-0.2, -0.15) is 0 Å². The van der Waals surface area contributed by atoms with Crippen LogP contribution in [0.4, 0.5) is 0 Å². The molecule has 3 nitrogen and oxygen atoms in total. The summed E-state index contributed by atoms with van der Waals surface area (Å²) in [6, 6.07) is 1.13. The van der Waals surface area contributed by atoms with Gasteiger partial charge in [0.2, 0.25) is 0 Å². The maximum Gasteiger partial charge on any atom is 0.0695 e. The third kappa shape index (κ3) is 2.93. The SMILES string of the molecule is COC(C)C(C)N1CCNC(C)C1. The van der Waals surface area contributed by atoms with Crippen LogP contribution in [0.3, 0.4) is 0 Å². The van der Waals surface area contributed by atoms with Crippen molar-refractivity contribution in [1.29, 1.82) is 0 Å². The predicted octanol–water partition coefficient (Wildman–Crippen LogP) is 0.703. The van der Waals surface area contributed by atoms with Crippen molar-refractivity contribution >= 4 is 0 Å². The molecule has 0 bridgehead atoms. The minimum absolute atomic E-state index is 0.324. The first-order chi connectivity index (χ1) is 6.15. The highest BCUT2D eigenvalue weighted by Crippen LogP contribution is 2.09. The molecular formula is C10H22N2O. The van der Waals surface area contributed by atoms with Gasteiger partial charge >= 0.3 is 0 Å². The van der Waals surface area contributed by atoms with Gasteiger partial charge in [0.1, 0.15) is 0 Å². The molecule has 1 rings (SSSR count). The molecule has 0 saturated carbocycles. The van der Waals surface area contributed by atoms with E-state index >= 15 is 0 Å². The molecule has 1 aliphatic rings. The highest BCUT2D eigenvalue weighted by Gasteiger charge is 2.23. The lowest BCUT2D eigenvalue weighted by Crippen LogP contribution is -2.54. The minimum atomic E-state index is 0.324. The van der Waals surface area contributed by atoms with Gasteiger partial charge in [0, 0.05) is 38.8 Å². The van der Waals surface area contributed by atoms with Crippen LogP contribution in [-0.4, -0.2) is 49.8 Å². The Kier molecular flexibility index (Phi) is 4.16. The van der Waals surface area contributed by atoms with Crippen LogP contribution in [-0.2, 0) is 4.74 Å². The van der Waals surface area contributed by atoms with E-state index in [1.807, 2.05) is 0 Å². The summed E-state index contributed by atoms with van der Waals surface area (Å²) in [5.74, 6) is 0. The molecule has 78 valence electrons. The minimum Gasteiger partial charge on any atom is -0.380 e. The Hall–Kier alpha value is -0.120. The molecule has 1 fully saturated rings. The highest BCUT2D eigenvalue weighted by atomic mass is 16.5. The van der Waals surface area contributed by atoms with Crippen LogP contribution in [0.2, 0.25) is 0 Å². The summed E-state index contributed by atoms with van der Waals surface area (Å²) in [5, 5.41) is 3.44. The molecule has 0 spiro atoms. The second-order valence-corrected chi connectivity index (χ2v) is 4.03. The average molecular weight is 186 g/mol. The third-order valence-electron chi connectivity index (χ3n) is 3.03. The number of rotatable bonds is 3. The maximum atomic E-state index is 5.34. The fourth-order valence-corrected chi connectivity index (χ4v) is 1.83. The molecule has 1 aliphatic heterocycles. The molecule has 0 amide bonds. The Bertz CT molecular complexity index is 152. The van der Waals surface area contributed by atoms with E-state index in [2.05, 4.69) is 31.0 Å². The normalized spacial score (nSPS) is 30.0. The summed E-state index contributed by atoms with van der Waals surface area (Å²) in [7, 11) is 1.78. The van der Waals surface area contributed by atoms with Crippen molar-refractivity contribution in [2.24, 2.45) is 0 Å². The largest absolute Gasteiger partial charge is 0.380 e. The lowest BCUT2D eigenvalue weighted by Gasteiger charge is -2.38. The van der Waals surface area contributed by atoms with E-state index in [-0.39, 0.29) is 0 Å². The van der Waals surface area contributed by atoms with Crippen LogP contribution in [0, 0.1) is 0 Å². The zero-order valence-corrected chi connectivity index (χ0v) is 9.21.